The molecule has 4 unspecified atom stereocenters. The second-order valence-electron chi connectivity index (χ2n) is 9.59. The zero-order valence-electron chi connectivity index (χ0n) is 16.6. The highest BCUT2D eigenvalue weighted by Gasteiger charge is 2.35. The van der Waals surface area contributed by atoms with Crippen LogP contribution >= 0.6 is 0 Å². The highest BCUT2D eigenvalue weighted by atomic mass is 14.6. The van der Waals surface area contributed by atoms with Crippen LogP contribution in [0.25, 0.3) is 0 Å². The molecule has 2 heteroatoms. The van der Waals surface area contributed by atoms with E-state index in [4.69, 9.17) is 11.5 Å². The van der Waals surface area contributed by atoms with Gasteiger partial charge >= 0.3 is 0 Å². The van der Waals surface area contributed by atoms with Crippen LogP contribution in [0.1, 0.15) is 87.3 Å². The Morgan fingerprint density at radius 3 is 2.60 bits per heavy atom. The van der Waals surface area contributed by atoms with E-state index in [-0.39, 0.29) is 0 Å². The Morgan fingerprint density at radius 1 is 1.08 bits per heavy atom. The molecule has 1 aromatic carbocycles. The number of rotatable bonds is 4. The van der Waals surface area contributed by atoms with Crippen molar-refractivity contribution < 1.29 is 0 Å². The van der Waals surface area contributed by atoms with E-state index in [1.54, 1.807) is 11.1 Å². The Morgan fingerprint density at radius 2 is 1.88 bits per heavy atom. The van der Waals surface area contributed by atoms with E-state index in [1.165, 1.54) is 50.5 Å². The maximum atomic E-state index is 6.21. The van der Waals surface area contributed by atoms with Gasteiger partial charge in [-0.3, -0.25) is 0 Å². The van der Waals surface area contributed by atoms with Gasteiger partial charge in [0, 0.05) is 0 Å². The van der Waals surface area contributed by atoms with E-state index in [9.17, 15) is 0 Å². The predicted octanol–water partition coefficient (Wildman–Crippen LogP) is 5.10. The minimum absolute atomic E-state index is 0.448. The summed E-state index contributed by atoms with van der Waals surface area (Å²) in [7, 11) is 0. The average molecular weight is 343 g/mol. The molecule has 2 nitrogen and oxygen atoms in total. The van der Waals surface area contributed by atoms with Crippen molar-refractivity contribution in [1.82, 2.24) is 0 Å². The highest BCUT2D eigenvalue weighted by molar-refractivity contribution is 5.36. The molecule has 4 N–H and O–H groups in total. The smallest absolute Gasteiger partial charge is 0.00428 e. The first-order valence-electron chi connectivity index (χ1n) is 10.4. The number of hydrogen-bond acceptors (Lipinski definition) is 2. The number of benzene rings is 1. The van der Waals surface area contributed by atoms with Gasteiger partial charge in [-0.05, 0) is 104 Å². The van der Waals surface area contributed by atoms with Crippen molar-refractivity contribution in [1.29, 1.82) is 0 Å². The normalized spacial score (nSPS) is 32.5. The molecule has 0 radical (unpaired) electrons. The maximum absolute atomic E-state index is 6.21. The van der Waals surface area contributed by atoms with Crippen LogP contribution in [0, 0.1) is 24.2 Å². The first kappa shape index (κ1) is 18.9. The van der Waals surface area contributed by atoms with Crippen molar-refractivity contribution >= 4 is 0 Å². The van der Waals surface area contributed by atoms with Crippen LogP contribution in [-0.2, 0) is 0 Å². The van der Waals surface area contributed by atoms with Crippen molar-refractivity contribution in [2.75, 3.05) is 13.1 Å². The Bertz CT molecular complexity index is 577. The maximum Gasteiger partial charge on any atom is -0.00428 e. The fraction of sp³-hybridized carbons (Fsp3) is 0.739. The summed E-state index contributed by atoms with van der Waals surface area (Å²) < 4.78 is 0. The van der Waals surface area contributed by atoms with Gasteiger partial charge in [0.05, 0.1) is 0 Å². The summed E-state index contributed by atoms with van der Waals surface area (Å²) in [6.45, 7) is 8.77. The van der Waals surface area contributed by atoms with E-state index in [0.29, 0.717) is 23.2 Å². The van der Waals surface area contributed by atoms with Crippen LogP contribution in [0.5, 0.6) is 0 Å². The number of hydrogen-bond donors (Lipinski definition) is 2. The SMILES string of the molecule is Cc1ccc(C2CCCC(CN)C2)cc1C1CCC(C)(C)CC1CN. The van der Waals surface area contributed by atoms with Gasteiger partial charge in [0.1, 0.15) is 0 Å². The molecule has 25 heavy (non-hydrogen) atoms. The van der Waals surface area contributed by atoms with Gasteiger partial charge in [-0.25, -0.2) is 0 Å². The van der Waals surface area contributed by atoms with Crippen molar-refractivity contribution in [2.24, 2.45) is 28.7 Å². The van der Waals surface area contributed by atoms with Gasteiger partial charge in [0.2, 0.25) is 0 Å². The second kappa shape index (κ2) is 7.80. The van der Waals surface area contributed by atoms with E-state index in [2.05, 4.69) is 39.0 Å². The molecule has 2 aliphatic rings. The van der Waals surface area contributed by atoms with E-state index < -0.39 is 0 Å². The van der Waals surface area contributed by atoms with Gasteiger partial charge in [-0.1, -0.05) is 38.5 Å². The molecule has 0 aliphatic heterocycles. The van der Waals surface area contributed by atoms with Crippen LogP contribution in [0.2, 0.25) is 0 Å². The molecule has 0 bridgehead atoms. The second-order valence-corrected chi connectivity index (χ2v) is 9.59. The third kappa shape index (κ3) is 4.28. The minimum atomic E-state index is 0.448. The summed E-state index contributed by atoms with van der Waals surface area (Å²) in [6, 6.07) is 7.29. The fourth-order valence-electron chi connectivity index (χ4n) is 5.51. The number of nitrogens with two attached hydrogens (primary N) is 2. The van der Waals surface area contributed by atoms with Crippen LogP contribution in [-0.4, -0.2) is 13.1 Å². The monoisotopic (exact) mass is 342 g/mol. The molecule has 2 fully saturated rings. The molecule has 0 amide bonds. The lowest BCUT2D eigenvalue weighted by atomic mass is 9.64. The Balaban J connectivity index is 1.84. The first-order chi connectivity index (χ1) is 11.9. The summed E-state index contributed by atoms with van der Waals surface area (Å²) in [5.74, 6) is 2.70. The van der Waals surface area contributed by atoms with Crippen molar-refractivity contribution in [3.8, 4) is 0 Å². The van der Waals surface area contributed by atoms with E-state index in [0.717, 1.165) is 19.0 Å². The quantitative estimate of drug-likeness (QED) is 0.800. The zero-order valence-corrected chi connectivity index (χ0v) is 16.6. The third-order valence-corrected chi connectivity index (χ3v) is 7.11. The molecule has 140 valence electrons. The molecule has 2 saturated carbocycles. The summed E-state index contributed by atoms with van der Waals surface area (Å²) in [4.78, 5) is 0. The van der Waals surface area contributed by atoms with Crippen molar-refractivity contribution in [3.05, 3.63) is 34.9 Å². The zero-order chi connectivity index (χ0) is 18.0. The number of aryl methyl sites for hydroxylation is 1. The van der Waals surface area contributed by atoms with E-state index >= 15 is 0 Å². The molecule has 0 spiro atoms. The van der Waals surface area contributed by atoms with E-state index in [1.807, 2.05) is 0 Å². The molecular weight excluding hydrogens is 304 g/mol. The summed E-state index contributed by atoms with van der Waals surface area (Å²) in [6.07, 6.45) is 9.12. The largest absolute Gasteiger partial charge is 0.330 e. The van der Waals surface area contributed by atoms with Gasteiger partial charge in [0.25, 0.3) is 0 Å². The Labute approximate surface area is 154 Å². The van der Waals surface area contributed by atoms with Crippen LogP contribution in [0.15, 0.2) is 18.2 Å². The minimum Gasteiger partial charge on any atom is -0.330 e. The average Bonchev–Trinajstić information content (AvgIpc) is 2.61. The lowest BCUT2D eigenvalue weighted by Crippen LogP contribution is -2.33. The molecule has 1 aromatic rings. The fourth-order valence-corrected chi connectivity index (χ4v) is 5.51. The topological polar surface area (TPSA) is 52.0 Å². The Hall–Kier alpha value is -0.860. The third-order valence-electron chi connectivity index (χ3n) is 7.11. The van der Waals surface area contributed by atoms with Crippen molar-refractivity contribution in [3.63, 3.8) is 0 Å². The molecule has 2 aliphatic carbocycles. The van der Waals surface area contributed by atoms with Crippen LogP contribution in [0.3, 0.4) is 0 Å². The summed E-state index contributed by atoms with van der Waals surface area (Å²) in [5.41, 5.74) is 17.2. The first-order valence-corrected chi connectivity index (χ1v) is 10.4. The molecule has 0 heterocycles. The highest BCUT2D eigenvalue weighted by Crippen LogP contribution is 2.47. The van der Waals surface area contributed by atoms with Crippen LogP contribution < -0.4 is 11.5 Å². The van der Waals surface area contributed by atoms with Gasteiger partial charge < -0.3 is 11.5 Å². The van der Waals surface area contributed by atoms with Gasteiger partial charge in [-0.2, -0.15) is 0 Å². The molecule has 0 aromatic heterocycles. The lowest BCUT2D eigenvalue weighted by molar-refractivity contribution is 0.160. The van der Waals surface area contributed by atoms with Gasteiger partial charge in [0.15, 0.2) is 0 Å². The summed E-state index contributed by atoms with van der Waals surface area (Å²) >= 11 is 0. The van der Waals surface area contributed by atoms with Crippen LogP contribution in [0.4, 0.5) is 0 Å². The molecule has 4 atom stereocenters. The Kier molecular flexibility index (Phi) is 5.90. The lowest BCUT2D eigenvalue weighted by Gasteiger charge is -2.41. The standard InChI is InChI=1S/C23H38N2/c1-16-7-8-19(18-6-4-5-17(11-18)14-24)12-22(16)21-9-10-23(2,3)13-20(21)15-25/h7-8,12,17-18,20-21H,4-6,9-11,13-15,24-25H2,1-3H3. The predicted molar refractivity (Wildman–Crippen MR) is 108 cm³/mol. The molecule has 0 saturated heterocycles. The van der Waals surface area contributed by atoms with Crippen molar-refractivity contribution in [2.45, 2.75) is 77.6 Å². The molecule has 3 rings (SSSR count). The van der Waals surface area contributed by atoms with Gasteiger partial charge in [-0.15, -0.1) is 0 Å². The summed E-state index contributed by atoms with van der Waals surface area (Å²) in [5, 5.41) is 0. The molecular formula is C23H38N2.